The molecule has 2 nitrogen and oxygen atoms in total. The Hall–Kier alpha value is -1.23. The summed E-state index contributed by atoms with van der Waals surface area (Å²) in [5, 5.41) is 0. The van der Waals surface area contributed by atoms with Gasteiger partial charge in [-0.05, 0) is 18.3 Å². The Morgan fingerprint density at radius 1 is 1.50 bits per heavy atom. The van der Waals surface area contributed by atoms with Gasteiger partial charge in [0.05, 0.1) is 6.33 Å². The van der Waals surface area contributed by atoms with E-state index in [0.29, 0.717) is 17.3 Å². The molecule has 1 heterocycles. The molecule has 1 aliphatic rings. The van der Waals surface area contributed by atoms with Gasteiger partial charge >= 0.3 is 0 Å². The predicted molar refractivity (Wildman–Crippen MR) is 65.9 cm³/mol. The number of nitrogens with zero attached hydrogens (tertiary/aromatic N) is 1. The molecule has 86 valence electrons. The quantitative estimate of drug-likeness (QED) is 0.755. The Morgan fingerprint density at radius 2 is 2.31 bits per heavy atom. The van der Waals surface area contributed by atoms with Gasteiger partial charge in [0, 0.05) is 30.1 Å². The van der Waals surface area contributed by atoms with E-state index in [4.69, 9.17) is 0 Å². The Bertz CT molecular complexity index is 387. The van der Waals surface area contributed by atoms with E-state index in [0.717, 1.165) is 6.42 Å². The van der Waals surface area contributed by atoms with Crippen LogP contribution in [-0.2, 0) is 0 Å². The van der Waals surface area contributed by atoms with E-state index in [1.54, 1.807) is 6.33 Å². The van der Waals surface area contributed by atoms with Crippen molar-refractivity contribution in [2.75, 3.05) is 0 Å². The van der Waals surface area contributed by atoms with Crippen LogP contribution in [0.25, 0.3) is 0 Å². The summed E-state index contributed by atoms with van der Waals surface area (Å²) in [6, 6.07) is 0. The third-order valence-electron chi connectivity index (χ3n) is 3.00. The molecular weight excluding hydrogens is 196 g/mol. The zero-order chi connectivity index (χ0) is 11.6. The van der Waals surface area contributed by atoms with Crippen LogP contribution in [0.15, 0.2) is 12.5 Å². The van der Waals surface area contributed by atoms with Crippen molar-refractivity contribution >= 4 is 0 Å². The summed E-state index contributed by atoms with van der Waals surface area (Å²) in [5.74, 6) is 7.87. The molecule has 1 saturated carbocycles. The molecule has 16 heavy (non-hydrogen) atoms. The number of nitrogens with one attached hydrogen (secondary N) is 1. The largest absolute Gasteiger partial charge is 0.348 e. The molecule has 0 spiro atoms. The molecular formula is C14H20N2. The predicted octanol–water partition coefficient (Wildman–Crippen LogP) is 3.34. The fraction of sp³-hybridized carbons (Fsp3) is 0.643. The number of aromatic amines is 1. The molecule has 0 aromatic carbocycles. The van der Waals surface area contributed by atoms with E-state index in [9.17, 15) is 0 Å². The van der Waals surface area contributed by atoms with E-state index in [2.05, 4.69) is 42.6 Å². The smallest absolute Gasteiger partial charge is 0.0921 e. The van der Waals surface area contributed by atoms with Crippen LogP contribution in [0.5, 0.6) is 0 Å². The zero-order valence-corrected chi connectivity index (χ0v) is 10.4. The maximum absolute atomic E-state index is 4.04. The highest BCUT2D eigenvalue weighted by Gasteiger charge is 2.37. The third-order valence-corrected chi connectivity index (χ3v) is 3.00. The van der Waals surface area contributed by atoms with Crippen molar-refractivity contribution in [3.05, 3.63) is 18.2 Å². The number of hydrogen-bond acceptors (Lipinski definition) is 1. The molecule has 2 atom stereocenters. The van der Waals surface area contributed by atoms with Gasteiger partial charge in [-0.25, -0.2) is 4.98 Å². The van der Waals surface area contributed by atoms with Gasteiger partial charge in [-0.1, -0.05) is 26.7 Å². The van der Waals surface area contributed by atoms with Crippen molar-refractivity contribution in [2.24, 2.45) is 11.3 Å². The molecule has 1 aliphatic carbocycles. The molecule has 1 aromatic rings. The van der Waals surface area contributed by atoms with Gasteiger partial charge in [0.2, 0.25) is 0 Å². The highest BCUT2D eigenvalue weighted by atomic mass is 14.9. The molecule has 1 unspecified atom stereocenters. The minimum Gasteiger partial charge on any atom is -0.348 e. The van der Waals surface area contributed by atoms with Crippen molar-refractivity contribution < 1.29 is 0 Å². The van der Waals surface area contributed by atoms with Gasteiger partial charge in [-0.2, -0.15) is 0 Å². The summed E-state index contributed by atoms with van der Waals surface area (Å²) in [7, 11) is 0. The van der Waals surface area contributed by atoms with Crippen molar-refractivity contribution in [1.29, 1.82) is 0 Å². The van der Waals surface area contributed by atoms with Crippen molar-refractivity contribution in [3.8, 4) is 11.8 Å². The van der Waals surface area contributed by atoms with Crippen molar-refractivity contribution in [3.63, 3.8) is 0 Å². The standard InChI is InChI=1S/C14H20N2/c1-14(2,3)7-5-4-6-11-8-12(11)13-9-15-10-16-13/h9-12H,5,7-8H2,1-3H3,(H,15,16)/t11?,12-/m1/s1. The first-order chi connectivity index (χ1) is 7.56. The monoisotopic (exact) mass is 216 g/mol. The second-order valence-corrected chi connectivity index (χ2v) is 5.84. The summed E-state index contributed by atoms with van der Waals surface area (Å²) >= 11 is 0. The molecule has 2 heteroatoms. The van der Waals surface area contributed by atoms with Gasteiger partial charge in [-0.3, -0.25) is 0 Å². The summed E-state index contributed by atoms with van der Waals surface area (Å²) in [4.78, 5) is 7.21. The first-order valence-corrected chi connectivity index (χ1v) is 6.03. The second-order valence-electron chi connectivity index (χ2n) is 5.84. The fourth-order valence-corrected chi connectivity index (χ4v) is 1.81. The lowest BCUT2D eigenvalue weighted by Gasteiger charge is -2.15. The van der Waals surface area contributed by atoms with Crippen LogP contribution in [0.1, 0.15) is 51.6 Å². The molecule has 1 aromatic heterocycles. The normalized spacial score (nSPS) is 23.7. The van der Waals surface area contributed by atoms with E-state index in [1.165, 1.54) is 18.5 Å². The van der Waals surface area contributed by atoms with Gasteiger partial charge < -0.3 is 4.98 Å². The summed E-state index contributed by atoms with van der Waals surface area (Å²) in [5.41, 5.74) is 1.65. The third kappa shape index (κ3) is 3.13. The van der Waals surface area contributed by atoms with Gasteiger partial charge in [-0.15, -0.1) is 5.92 Å². The molecule has 0 aliphatic heterocycles. The summed E-state index contributed by atoms with van der Waals surface area (Å²) in [6.45, 7) is 6.79. The average molecular weight is 216 g/mol. The Kier molecular flexibility index (Phi) is 3.05. The lowest BCUT2D eigenvalue weighted by atomic mass is 9.91. The van der Waals surface area contributed by atoms with Crippen molar-refractivity contribution in [1.82, 2.24) is 9.97 Å². The van der Waals surface area contributed by atoms with E-state index < -0.39 is 0 Å². The van der Waals surface area contributed by atoms with E-state index in [1.807, 2.05) is 6.20 Å². The van der Waals surface area contributed by atoms with Crippen LogP contribution < -0.4 is 0 Å². The second kappa shape index (κ2) is 4.33. The maximum Gasteiger partial charge on any atom is 0.0921 e. The molecule has 2 rings (SSSR count). The van der Waals surface area contributed by atoms with Crippen LogP contribution in [-0.4, -0.2) is 9.97 Å². The lowest BCUT2D eigenvalue weighted by Crippen LogP contribution is -2.03. The number of H-pyrrole nitrogens is 1. The number of rotatable bonds is 2. The highest BCUT2D eigenvalue weighted by molar-refractivity contribution is 5.24. The SMILES string of the molecule is CC(C)(C)CCC#CC1C[C@H]1c1cnc[nH]1. The van der Waals surface area contributed by atoms with Gasteiger partial charge in [0.15, 0.2) is 0 Å². The van der Waals surface area contributed by atoms with Crippen molar-refractivity contribution in [2.45, 2.75) is 46.0 Å². The molecule has 1 N–H and O–H groups in total. The van der Waals surface area contributed by atoms with Gasteiger partial charge in [0.1, 0.15) is 0 Å². The van der Waals surface area contributed by atoms with Crippen LogP contribution in [0, 0.1) is 23.2 Å². The number of aromatic nitrogens is 2. The first-order valence-electron chi connectivity index (χ1n) is 6.03. The highest BCUT2D eigenvalue weighted by Crippen LogP contribution is 2.45. The van der Waals surface area contributed by atoms with Gasteiger partial charge in [0.25, 0.3) is 0 Å². The zero-order valence-electron chi connectivity index (χ0n) is 10.4. The topological polar surface area (TPSA) is 28.7 Å². The fourth-order valence-electron chi connectivity index (χ4n) is 1.81. The van der Waals surface area contributed by atoms with E-state index in [-0.39, 0.29) is 0 Å². The molecule has 0 saturated heterocycles. The Balaban J connectivity index is 1.75. The molecule has 0 bridgehead atoms. The van der Waals surface area contributed by atoms with Crippen LogP contribution in [0.2, 0.25) is 0 Å². The molecule has 0 amide bonds. The van der Waals surface area contributed by atoms with Crippen LogP contribution in [0.3, 0.4) is 0 Å². The van der Waals surface area contributed by atoms with E-state index >= 15 is 0 Å². The summed E-state index contributed by atoms with van der Waals surface area (Å²) in [6.07, 6.45) is 7.07. The summed E-state index contributed by atoms with van der Waals surface area (Å²) < 4.78 is 0. The molecule has 0 radical (unpaired) electrons. The average Bonchev–Trinajstić information content (AvgIpc) is 2.75. The Morgan fingerprint density at radius 3 is 2.94 bits per heavy atom. The lowest BCUT2D eigenvalue weighted by molar-refractivity contribution is 0.384. The number of hydrogen-bond donors (Lipinski definition) is 1. The minimum absolute atomic E-state index is 0.404. The molecule has 1 fully saturated rings. The minimum atomic E-state index is 0.404. The van der Waals surface area contributed by atoms with Crippen LogP contribution in [0.4, 0.5) is 0 Å². The first kappa shape index (κ1) is 11.3. The maximum atomic E-state index is 4.04. The number of imidazole rings is 1. The Labute approximate surface area is 97.9 Å². The van der Waals surface area contributed by atoms with Crippen LogP contribution >= 0.6 is 0 Å².